The van der Waals surface area contributed by atoms with Crippen molar-refractivity contribution in [2.75, 3.05) is 31.1 Å². The molecule has 0 aliphatic carbocycles. The standard InChI is InChI=1S/C17H17ClN6O3S/c18-13-1-3-14(4-2-13)24-17(25)6-5-15(21-24)22-7-9-23(10-8-22)28(26,27)16-11-19-12-20-16/h1-6,11-12H,7-10H2,(H,19,20). The molecule has 0 atom stereocenters. The Bertz CT molecular complexity index is 1120. The molecule has 3 heterocycles. The van der Waals surface area contributed by atoms with Crippen LogP contribution in [0.25, 0.3) is 5.69 Å². The quantitative estimate of drug-likeness (QED) is 0.678. The number of hydrogen-bond donors (Lipinski definition) is 1. The Hall–Kier alpha value is -2.69. The predicted octanol–water partition coefficient (Wildman–Crippen LogP) is 1.12. The van der Waals surface area contributed by atoms with E-state index in [1.807, 2.05) is 4.90 Å². The van der Waals surface area contributed by atoms with Gasteiger partial charge in [-0.05, 0) is 30.3 Å². The van der Waals surface area contributed by atoms with Crippen LogP contribution in [-0.4, -0.2) is 58.7 Å². The molecule has 0 saturated carbocycles. The second kappa shape index (κ2) is 7.38. The number of sulfonamides is 1. The summed E-state index contributed by atoms with van der Waals surface area (Å²) in [6.07, 6.45) is 2.64. The van der Waals surface area contributed by atoms with E-state index in [2.05, 4.69) is 15.1 Å². The van der Waals surface area contributed by atoms with E-state index in [4.69, 9.17) is 11.6 Å². The summed E-state index contributed by atoms with van der Waals surface area (Å²) in [4.78, 5) is 20.6. The van der Waals surface area contributed by atoms with E-state index in [1.165, 1.54) is 27.6 Å². The van der Waals surface area contributed by atoms with Crippen LogP contribution < -0.4 is 10.5 Å². The van der Waals surface area contributed by atoms with Crippen LogP contribution >= 0.6 is 11.6 Å². The number of aromatic nitrogens is 4. The Morgan fingerprint density at radius 1 is 1.00 bits per heavy atom. The van der Waals surface area contributed by atoms with Gasteiger partial charge >= 0.3 is 0 Å². The van der Waals surface area contributed by atoms with Crippen LogP contribution in [0.5, 0.6) is 0 Å². The van der Waals surface area contributed by atoms with Gasteiger partial charge in [0, 0.05) is 37.3 Å². The fourth-order valence-corrected chi connectivity index (χ4v) is 4.46. The number of anilines is 1. The summed E-state index contributed by atoms with van der Waals surface area (Å²) in [5, 5.41) is 5.09. The van der Waals surface area contributed by atoms with Crippen LogP contribution in [0.2, 0.25) is 5.02 Å². The second-order valence-corrected chi connectivity index (χ2v) is 8.57. The van der Waals surface area contributed by atoms with Crippen molar-refractivity contribution in [3.8, 4) is 5.69 Å². The van der Waals surface area contributed by atoms with Gasteiger partial charge in [-0.1, -0.05) is 11.6 Å². The summed E-state index contributed by atoms with van der Waals surface area (Å²) in [6, 6.07) is 9.91. The van der Waals surface area contributed by atoms with Crippen molar-refractivity contribution >= 4 is 27.4 Å². The third kappa shape index (κ3) is 3.53. The minimum atomic E-state index is -3.59. The number of nitrogens with one attached hydrogen (secondary N) is 1. The molecule has 146 valence electrons. The molecule has 0 unspecified atom stereocenters. The van der Waals surface area contributed by atoms with Gasteiger partial charge < -0.3 is 9.88 Å². The highest BCUT2D eigenvalue weighted by molar-refractivity contribution is 7.89. The van der Waals surface area contributed by atoms with Gasteiger partial charge in [-0.15, -0.1) is 5.10 Å². The SMILES string of the molecule is O=c1ccc(N2CCN(S(=O)(=O)c3cnc[nH]3)CC2)nn1-c1ccc(Cl)cc1. The smallest absolute Gasteiger partial charge is 0.271 e. The number of hydrogen-bond acceptors (Lipinski definition) is 6. The lowest BCUT2D eigenvalue weighted by molar-refractivity contribution is 0.382. The summed E-state index contributed by atoms with van der Waals surface area (Å²) in [6.45, 7) is 1.53. The molecule has 4 rings (SSSR count). The summed E-state index contributed by atoms with van der Waals surface area (Å²) in [5.74, 6) is 0.605. The average Bonchev–Trinajstić information content (AvgIpc) is 3.25. The summed E-state index contributed by atoms with van der Waals surface area (Å²) in [5.41, 5.74) is 0.350. The first-order valence-corrected chi connectivity index (χ1v) is 10.4. The number of piperazine rings is 1. The normalized spacial score (nSPS) is 15.7. The van der Waals surface area contributed by atoms with E-state index in [1.54, 1.807) is 30.3 Å². The molecule has 0 amide bonds. The zero-order valence-corrected chi connectivity index (χ0v) is 16.3. The van der Waals surface area contributed by atoms with Crippen LogP contribution in [0.4, 0.5) is 5.82 Å². The minimum absolute atomic E-state index is 0.0790. The third-order valence-electron chi connectivity index (χ3n) is 4.51. The van der Waals surface area contributed by atoms with Gasteiger partial charge in [0.25, 0.3) is 15.6 Å². The highest BCUT2D eigenvalue weighted by Gasteiger charge is 2.30. The largest absolute Gasteiger partial charge is 0.353 e. The molecule has 3 aromatic rings. The van der Waals surface area contributed by atoms with E-state index in [0.29, 0.717) is 42.7 Å². The van der Waals surface area contributed by atoms with E-state index >= 15 is 0 Å². The molecule has 1 aromatic carbocycles. The summed E-state index contributed by atoms with van der Waals surface area (Å²) < 4.78 is 27.8. The van der Waals surface area contributed by atoms with E-state index < -0.39 is 10.0 Å². The second-order valence-electron chi connectivity index (χ2n) is 6.22. The number of benzene rings is 1. The van der Waals surface area contributed by atoms with Crippen molar-refractivity contribution in [2.45, 2.75) is 5.03 Å². The van der Waals surface area contributed by atoms with Crippen molar-refractivity contribution in [1.29, 1.82) is 0 Å². The molecule has 1 aliphatic rings. The maximum absolute atomic E-state index is 12.6. The van der Waals surface area contributed by atoms with Crippen molar-refractivity contribution in [3.05, 3.63) is 64.3 Å². The monoisotopic (exact) mass is 420 g/mol. The lowest BCUT2D eigenvalue weighted by atomic mass is 10.3. The third-order valence-corrected chi connectivity index (χ3v) is 6.59. The summed E-state index contributed by atoms with van der Waals surface area (Å²) >= 11 is 5.90. The molecule has 1 saturated heterocycles. The molecular weight excluding hydrogens is 404 g/mol. The van der Waals surface area contributed by atoms with Gasteiger partial charge in [0.05, 0.1) is 18.2 Å². The Kier molecular flexibility index (Phi) is 4.92. The van der Waals surface area contributed by atoms with Gasteiger partial charge in [0.2, 0.25) is 0 Å². The Balaban J connectivity index is 1.53. The van der Waals surface area contributed by atoms with Crippen molar-refractivity contribution in [3.63, 3.8) is 0 Å². The van der Waals surface area contributed by atoms with E-state index in [-0.39, 0.29) is 10.6 Å². The van der Waals surface area contributed by atoms with Crippen LogP contribution in [0.1, 0.15) is 0 Å². The Labute approximate surface area is 166 Å². The fraction of sp³-hybridized carbons (Fsp3) is 0.235. The van der Waals surface area contributed by atoms with Crippen LogP contribution in [0, 0.1) is 0 Å². The average molecular weight is 421 g/mol. The molecule has 1 fully saturated rings. The fourth-order valence-electron chi connectivity index (χ4n) is 3.02. The maximum atomic E-state index is 12.6. The molecule has 1 N–H and O–H groups in total. The first-order valence-electron chi connectivity index (χ1n) is 8.55. The lowest BCUT2D eigenvalue weighted by Gasteiger charge is -2.34. The molecule has 0 radical (unpaired) electrons. The zero-order valence-electron chi connectivity index (χ0n) is 14.7. The van der Waals surface area contributed by atoms with Crippen molar-refractivity contribution in [2.24, 2.45) is 0 Å². The zero-order chi connectivity index (χ0) is 19.7. The van der Waals surface area contributed by atoms with Crippen LogP contribution in [-0.2, 0) is 10.0 Å². The molecule has 1 aliphatic heterocycles. The molecular formula is C17H17ClN6O3S. The van der Waals surface area contributed by atoms with Gasteiger partial charge in [-0.25, -0.2) is 13.4 Å². The highest BCUT2D eigenvalue weighted by Crippen LogP contribution is 2.18. The molecule has 0 spiro atoms. The molecule has 2 aromatic heterocycles. The summed E-state index contributed by atoms with van der Waals surface area (Å²) in [7, 11) is -3.59. The van der Waals surface area contributed by atoms with E-state index in [0.717, 1.165) is 0 Å². The van der Waals surface area contributed by atoms with Gasteiger partial charge in [-0.3, -0.25) is 4.79 Å². The number of H-pyrrole nitrogens is 1. The van der Waals surface area contributed by atoms with Crippen molar-refractivity contribution in [1.82, 2.24) is 24.1 Å². The number of rotatable bonds is 4. The topological polar surface area (TPSA) is 104 Å². The van der Waals surface area contributed by atoms with E-state index in [9.17, 15) is 13.2 Å². The first kappa shape index (κ1) is 18.7. The van der Waals surface area contributed by atoms with Gasteiger partial charge in [0.1, 0.15) is 5.82 Å². The molecule has 11 heteroatoms. The molecule has 28 heavy (non-hydrogen) atoms. The van der Waals surface area contributed by atoms with Gasteiger partial charge in [-0.2, -0.15) is 8.99 Å². The number of aromatic amines is 1. The molecule has 9 nitrogen and oxygen atoms in total. The minimum Gasteiger partial charge on any atom is -0.353 e. The Morgan fingerprint density at radius 2 is 1.71 bits per heavy atom. The van der Waals surface area contributed by atoms with Crippen LogP contribution in [0.15, 0.2) is 58.7 Å². The van der Waals surface area contributed by atoms with Crippen molar-refractivity contribution < 1.29 is 8.42 Å². The number of nitrogens with zero attached hydrogens (tertiary/aromatic N) is 5. The number of imidazole rings is 1. The highest BCUT2D eigenvalue weighted by atomic mass is 35.5. The van der Waals surface area contributed by atoms with Gasteiger partial charge in [0.15, 0.2) is 5.03 Å². The maximum Gasteiger partial charge on any atom is 0.271 e. The lowest BCUT2D eigenvalue weighted by Crippen LogP contribution is -2.49. The molecule has 0 bridgehead atoms. The predicted molar refractivity (Wildman–Crippen MR) is 104 cm³/mol. The Morgan fingerprint density at radius 3 is 2.36 bits per heavy atom. The number of halogens is 1. The first-order chi connectivity index (χ1) is 13.4. The van der Waals surface area contributed by atoms with Crippen LogP contribution in [0.3, 0.4) is 0 Å².